The molecule has 0 saturated carbocycles. The molecule has 98 valence electrons. The number of nitrogens with one attached hydrogen (secondary N) is 2. The molecule has 4 heteroatoms. The SMILES string of the molecule is Clc1cccc(Nc2n[nH]c3c2Cc2ccccc2-3)c1. The Kier molecular flexibility index (Phi) is 2.54. The van der Waals surface area contributed by atoms with Gasteiger partial charge in [-0.2, -0.15) is 5.10 Å². The molecule has 0 atom stereocenters. The molecule has 4 rings (SSSR count). The van der Waals surface area contributed by atoms with Crippen molar-refractivity contribution in [1.82, 2.24) is 10.2 Å². The van der Waals surface area contributed by atoms with Crippen LogP contribution in [0.2, 0.25) is 5.02 Å². The van der Waals surface area contributed by atoms with E-state index >= 15 is 0 Å². The standard InChI is InChI=1S/C16H12ClN3/c17-11-5-3-6-12(9-11)18-16-14-8-10-4-1-2-7-13(10)15(14)19-20-16/h1-7,9H,8H2,(H2,18,19,20). The van der Waals surface area contributed by atoms with Gasteiger partial charge in [-0.25, -0.2) is 0 Å². The number of rotatable bonds is 2. The largest absolute Gasteiger partial charge is 0.338 e. The fraction of sp³-hybridized carbons (Fsp3) is 0.0625. The molecule has 0 fully saturated rings. The lowest BCUT2D eigenvalue weighted by Gasteiger charge is -2.05. The molecule has 0 unspecified atom stereocenters. The summed E-state index contributed by atoms with van der Waals surface area (Å²) >= 11 is 6.01. The number of aromatic amines is 1. The highest BCUT2D eigenvalue weighted by atomic mass is 35.5. The van der Waals surface area contributed by atoms with E-state index in [9.17, 15) is 0 Å². The van der Waals surface area contributed by atoms with Crippen molar-refractivity contribution in [2.45, 2.75) is 6.42 Å². The molecule has 0 spiro atoms. The van der Waals surface area contributed by atoms with Crippen molar-refractivity contribution in [2.75, 3.05) is 5.32 Å². The topological polar surface area (TPSA) is 40.7 Å². The molecule has 1 aliphatic carbocycles. The minimum atomic E-state index is 0.713. The first-order chi connectivity index (χ1) is 9.81. The first-order valence-electron chi connectivity index (χ1n) is 6.49. The van der Waals surface area contributed by atoms with Crippen molar-refractivity contribution in [2.24, 2.45) is 0 Å². The maximum absolute atomic E-state index is 6.01. The van der Waals surface area contributed by atoms with Crippen molar-refractivity contribution in [3.63, 3.8) is 0 Å². The van der Waals surface area contributed by atoms with Crippen LogP contribution in [0, 0.1) is 0 Å². The molecule has 3 nitrogen and oxygen atoms in total. The van der Waals surface area contributed by atoms with Gasteiger partial charge >= 0.3 is 0 Å². The number of aromatic nitrogens is 2. The van der Waals surface area contributed by atoms with Crippen molar-refractivity contribution in [3.05, 3.63) is 64.7 Å². The van der Waals surface area contributed by atoms with Crippen molar-refractivity contribution in [1.29, 1.82) is 0 Å². The summed E-state index contributed by atoms with van der Waals surface area (Å²) in [5.41, 5.74) is 5.86. The van der Waals surface area contributed by atoms with Gasteiger partial charge in [0.25, 0.3) is 0 Å². The van der Waals surface area contributed by atoms with Gasteiger partial charge in [-0.05, 0) is 23.8 Å². The van der Waals surface area contributed by atoms with Crippen LogP contribution in [-0.4, -0.2) is 10.2 Å². The van der Waals surface area contributed by atoms with Gasteiger partial charge < -0.3 is 5.32 Å². The van der Waals surface area contributed by atoms with Crippen LogP contribution in [-0.2, 0) is 6.42 Å². The Morgan fingerprint density at radius 1 is 1.10 bits per heavy atom. The lowest BCUT2D eigenvalue weighted by atomic mass is 10.1. The van der Waals surface area contributed by atoms with Crippen LogP contribution in [0.15, 0.2) is 48.5 Å². The lowest BCUT2D eigenvalue weighted by Crippen LogP contribution is -1.94. The van der Waals surface area contributed by atoms with Gasteiger partial charge in [-0.1, -0.05) is 41.9 Å². The predicted molar refractivity (Wildman–Crippen MR) is 81.6 cm³/mol. The predicted octanol–water partition coefficient (Wildman–Crippen LogP) is 4.38. The highest BCUT2D eigenvalue weighted by molar-refractivity contribution is 6.30. The number of hydrogen-bond acceptors (Lipinski definition) is 2. The summed E-state index contributed by atoms with van der Waals surface area (Å²) in [7, 11) is 0. The molecular weight excluding hydrogens is 270 g/mol. The maximum atomic E-state index is 6.01. The average molecular weight is 282 g/mol. The first-order valence-corrected chi connectivity index (χ1v) is 6.87. The molecule has 0 aliphatic heterocycles. The van der Waals surface area contributed by atoms with Crippen molar-refractivity contribution in [3.8, 4) is 11.3 Å². The van der Waals surface area contributed by atoms with E-state index in [0.29, 0.717) is 5.02 Å². The zero-order valence-electron chi connectivity index (χ0n) is 10.7. The third-order valence-corrected chi connectivity index (χ3v) is 3.84. The fourth-order valence-electron chi connectivity index (χ4n) is 2.68. The van der Waals surface area contributed by atoms with Gasteiger partial charge in [0.05, 0.1) is 5.69 Å². The second kappa shape index (κ2) is 4.39. The van der Waals surface area contributed by atoms with E-state index in [1.165, 1.54) is 16.7 Å². The van der Waals surface area contributed by atoms with Gasteiger partial charge in [0, 0.05) is 28.3 Å². The summed E-state index contributed by atoms with van der Waals surface area (Å²) in [6, 6.07) is 16.1. The van der Waals surface area contributed by atoms with Crippen LogP contribution in [0.3, 0.4) is 0 Å². The van der Waals surface area contributed by atoms with Gasteiger partial charge in [0.1, 0.15) is 0 Å². The molecule has 3 aromatic rings. The summed E-state index contributed by atoms with van der Waals surface area (Å²) in [5.74, 6) is 0.874. The molecule has 2 N–H and O–H groups in total. The third kappa shape index (κ3) is 1.79. The van der Waals surface area contributed by atoms with E-state index in [4.69, 9.17) is 11.6 Å². The second-order valence-corrected chi connectivity index (χ2v) is 5.33. The van der Waals surface area contributed by atoms with E-state index < -0.39 is 0 Å². The Morgan fingerprint density at radius 2 is 2.00 bits per heavy atom. The summed E-state index contributed by atoms with van der Waals surface area (Å²) in [6.45, 7) is 0. The molecule has 0 bridgehead atoms. The molecule has 1 aliphatic rings. The average Bonchev–Trinajstić information content (AvgIpc) is 2.99. The number of H-pyrrole nitrogens is 1. The molecule has 0 amide bonds. The minimum absolute atomic E-state index is 0.713. The van der Waals surface area contributed by atoms with Crippen LogP contribution in [0.1, 0.15) is 11.1 Å². The molecule has 20 heavy (non-hydrogen) atoms. The quantitative estimate of drug-likeness (QED) is 0.572. The number of halogens is 1. The summed E-state index contributed by atoms with van der Waals surface area (Å²) in [6.07, 6.45) is 0.908. The van der Waals surface area contributed by atoms with Crippen LogP contribution in [0.5, 0.6) is 0 Å². The van der Waals surface area contributed by atoms with Gasteiger partial charge in [0.15, 0.2) is 5.82 Å². The third-order valence-electron chi connectivity index (χ3n) is 3.61. The minimum Gasteiger partial charge on any atom is -0.338 e. The van der Waals surface area contributed by atoms with E-state index in [1.807, 2.05) is 24.3 Å². The van der Waals surface area contributed by atoms with Gasteiger partial charge in [0.2, 0.25) is 0 Å². The van der Waals surface area contributed by atoms with Gasteiger partial charge in [-0.3, -0.25) is 5.10 Å². The normalized spacial score (nSPS) is 12.1. The number of fused-ring (bicyclic) bond motifs is 3. The van der Waals surface area contributed by atoms with Crippen molar-refractivity contribution < 1.29 is 0 Å². The smallest absolute Gasteiger partial charge is 0.156 e. The number of nitrogens with zero attached hydrogens (tertiary/aromatic N) is 1. The van der Waals surface area contributed by atoms with Crippen LogP contribution in [0.25, 0.3) is 11.3 Å². The Morgan fingerprint density at radius 3 is 2.90 bits per heavy atom. The Balaban J connectivity index is 1.71. The molecule has 1 heterocycles. The van der Waals surface area contributed by atoms with E-state index in [1.54, 1.807) is 0 Å². The van der Waals surface area contributed by atoms with E-state index in [2.05, 4.69) is 39.8 Å². The molecule has 0 radical (unpaired) electrons. The van der Waals surface area contributed by atoms with Crippen molar-refractivity contribution >= 4 is 23.1 Å². The fourth-order valence-corrected chi connectivity index (χ4v) is 2.87. The Hall–Kier alpha value is -2.26. The highest BCUT2D eigenvalue weighted by Gasteiger charge is 2.23. The van der Waals surface area contributed by atoms with Gasteiger partial charge in [-0.15, -0.1) is 0 Å². The Bertz CT molecular complexity index is 792. The highest BCUT2D eigenvalue weighted by Crippen LogP contribution is 2.39. The number of benzene rings is 2. The van der Waals surface area contributed by atoms with E-state index in [0.717, 1.165) is 23.6 Å². The number of anilines is 2. The molecule has 1 aromatic heterocycles. The maximum Gasteiger partial charge on any atom is 0.156 e. The van der Waals surface area contributed by atoms with E-state index in [-0.39, 0.29) is 0 Å². The van der Waals surface area contributed by atoms with Crippen LogP contribution in [0.4, 0.5) is 11.5 Å². The Labute approximate surface area is 121 Å². The zero-order chi connectivity index (χ0) is 13.5. The molecular formula is C16H12ClN3. The summed E-state index contributed by atoms with van der Waals surface area (Å²) in [4.78, 5) is 0. The zero-order valence-corrected chi connectivity index (χ0v) is 11.4. The summed E-state index contributed by atoms with van der Waals surface area (Å²) < 4.78 is 0. The second-order valence-electron chi connectivity index (χ2n) is 4.90. The monoisotopic (exact) mass is 281 g/mol. The molecule has 2 aromatic carbocycles. The lowest BCUT2D eigenvalue weighted by molar-refractivity contribution is 1.09. The number of hydrogen-bond donors (Lipinski definition) is 2. The van der Waals surface area contributed by atoms with Crippen LogP contribution >= 0.6 is 11.6 Å². The first kappa shape index (κ1) is 11.6. The summed E-state index contributed by atoms with van der Waals surface area (Å²) in [5, 5.41) is 11.6. The molecule has 0 saturated heterocycles. The van der Waals surface area contributed by atoms with Crippen LogP contribution < -0.4 is 5.32 Å².